The molecule has 0 amide bonds. The zero-order chi connectivity index (χ0) is 7.40. The van der Waals surface area contributed by atoms with Crippen molar-refractivity contribution in [2.75, 3.05) is 6.54 Å². The van der Waals surface area contributed by atoms with Crippen LogP contribution in [0.4, 0.5) is 5.69 Å². The number of hydrogen-bond donors (Lipinski definition) is 0. The summed E-state index contributed by atoms with van der Waals surface area (Å²) in [6, 6.07) is 10.1. The van der Waals surface area contributed by atoms with Gasteiger partial charge in [0.05, 0.1) is 0 Å². The minimum atomic E-state index is 0. The van der Waals surface area contributed by atoms with E-state index >= 15 is 0 Å². The van der Waals surface area contributed by atoms with Crippen LogP contribution in [0.3, 0.4) is 0 Å². The SMILES string of the molecule is C=[N+](CC)c1ccccc1.[Cl-]. The van der Waals surface area contributed by atoms with Gasteiger partial charge in [0.25, 0.3) is 0 Å². The Balaban J connectivity index is 0.000001000. The number of rotatable bonds is 2. The van der Waals surface area contributed by atoms with E-state index < -0.39 is 0 Å². The van der Waals surface area contributed by atoms with Gasteiger partial charge in [0, 0.05) is 12.1 Å². The smallest absolute Gasteiger partial charge is 0.204 e. The number of benzene rings is 1. The van der Waals surface area contributed by atoms with Gasteiger partial charge in [0.1, 0.15) is 13.3 Å². The first kappa shape index (κ1) is 10.2. The maximum absolute atomic E-state index is 3.86. The lowest BCUT2D eigenvalue weighted by Gasteiger charge is -1.94. The standard InChI is InChI=1S/C9H12N.ClH/c1-3-10(2)9-7-5-4-6-8-9;/h4-8H,2-3H2,1H3;1H/q+1;/p-1. The van der Waals surface area contributed by atoms with Crippen molar-refractivity contribution < 1.29 is 17.0 Å². The molecule has 0 aliphatic rings. The molecule has 0 radical (unpaired) electrons. The molecule has 0 spiro atoms. The molecule has 0 aromatic heterocycles. The zero-order valence-corrected chi connectivity index (χ0v) is 7.38. The summed E-state index contributed by atoms with van der Waals surface area (Å²) in [6.07, 6.45) is 0. The van der Waals surface area contributed by atoms with Gasteiger partial charge in [0.15, 0.2) is 0 Å². The molecule has 0 fully saturated rings. The van der Waals surface area contributed by atoms with E-state index in [9.17, 15) is 0 Å². The second-order valence-electron chi connectivity index (χ2n) is 2.19. The molecule has 1 aromatic rings. The summed E-state index contributed by atoms with van der Waals surface area (Å²) in [4.78, 5) is 0. The van der Waals surface area contributed by atoms with E-state index in [4.69, 9.17) is 0 Å². The van der Waals surface area contributed by atoms with Gasteiger partial charge in [0.2, 0.25) is 5.69 Å². The normalized spacial score (nSPS) is 8.45. The van der Waals surface area contributed by atoms with E-state index in [-0.39, 0.29) is 12.4 Å². The molecule has 0 N–H and O–H groups in total. The third-order valence-electron chi connectivity index (χ3n) is 1.50. The number of hydrogen-bond acceptors (Lipinski definition) is 0. The Labute approximate surface area is 73.8 Å². The van der Waals surface area contributed by atoms with E-state index in [1.807, 2.05) is 22.8 Å². The first-order valence-electron chi connectivity index (χ1n) is 3.47. The van der Waals surface area contributed by atoms with Crippen molar-refractivity contribution in [2.24, 2.45) is 0 Å². The average molecular weight is 170 g/mol. The third-order valence-corrected chi connectivity index (χ3v) is 1.50. The fourth-order valence-electron chi connectivity index (χ4n) is 0.821. The molecule has 60 valence electrons. The number of para-hydroxylation sites is 1. The highest BCUT2D eigenvalue weighted by Gasteiger charge is 1.98. The van der Waals surface area contributed by atoms with Crippen LogP contribution in [0.1, 0.15) is 6.92 Å². The maximum atomic E-state index is 3.86. The fourth-order valence-corrected chi connectivity index (χ4v) is 0.821. The first-order chi connectivity index (χ1) is 4.84. The Kier molecular flexibility index (Phi) is 4.55. The Bertz CT molecular complexity index is 218. The van der Waals surface area contributed by atoms with E-state index in [1.165, 1.54) is 5.69 Å². The molecule has 1 rings (SSSR count). The predicted molar refractivity (Wildman–Crippen MR) is 44.0 cm³/mol. The second-order valence-corrected chi connectivity index (χ2v) is 2.19. The maximum Gasteiger partial charge on any atom is 0.204 e. The summed E-state index contributed by atoms with van der Waals surface area (Å²) in [5, 5.41) is 0. The Morgan fingerprint density at radius 1 is 1.27 bits per heavy atom. The summed E-state index contributed by atoms with van der Waals surface area (Å²) in [6.45, 7) is 6.89. The van der Waals surface area contributed by atoms with E-state index in [0.29, 0.717) is 0 Å². The summed E-state index contributed by atoms with van der Waals surface area (Å²) >= 11 is 0. The Morgan fingerprint density at radius 3 is 2.27 bits per heavy atom. The largest absolute Gasteiger partial charge is 1.00 e. The van der Waals surface area contributed by atoms with Crippen molar-refractivity contribution in [3.05, 3.63) is 30.3 Å². The lowest BCUT2D eigenvalue weighted by atomic mass is 10.3. The third kappa shape index (κ3) is 2.72. The van der Waals surface area contributed by atoms with Gasteiger partial charge in [-0.1, -0.05) is 18.2 Å². The molecule has 0 aliphatic carbocycles. The van der Waals surface area contributed by atoms with Crippen molar-refractivity contribution in [1.82, 2.24) is 0 Å². The summed E-state index contributed by atoms with van der Waals surface area (Å²) in [7, 11) is 0. The quantitative estimate of drug-likeness (QED) is 0.397. The Morgan fingerprint density at radius 2 is 1.82 bits per heavy atom. The van der Waals surface area contributed by atoms with Crippen LogP contribution in [-0.2, 0) is 0 Å². The monoisotopic (exact) mass is 169 g/mol. The lowest BCUT2D eigenvalue weighted by molar-refractivity contribution is -0.426. The van der Waals surface area contributed by atoms with Gasteiger partial charge in [-0.25, -0.2) is 4.58 Å². The van der Waals surface area contributed by atoms with Crippen LogP contribution in [0.2, 0.25) is 0 Å². The minimum absolute atomic E-state index is 0. The van der Waals surface area contributed by atoms with Crippen LogP contribution in [0, 0.1) is 0 Å². The minimum Gasteiger partial charge on any atom is -1.00 e. The topological polar surface area (TPSA) is 3.01 Å². The number of nitrogens with zero attached hydrogens (tertiary/aromatic N) is 1. The molecule has 2 heteroatoms. The van der Waals surface area contributed by atoms with E-state index in [2.05, 4.69) is 25.8 Å². The van der Waals surface area contributed by atoms with Gasteiger partial charge in [-0.15, -0.1) is 0 Å². The lowest BCUT2D eigenvalue weighted by Crippen LogP contribution is -3.00. The molecular weight excluding hydrogens is 158 g/mol. The predicted octanol–water partition coefficient (Wildman–Crippen LogP) is -0.945. The molecule has 0 saturated heterocycles. The molecule has 0 atom stereocenters. The summed E-state index contributed by atoms with van der Waals surface area (Å²) < 4.78 is 1.96. The van der Waals surface area contributed by atoms with Crippen LogP contribution in [0.5, 0.6) is 0 Å². The molecule has 0 heterocycles. The Hall–Kier alpha value is -0.820. The van der Waals surface area contributed by atoms with Gasteiger partial charge >= 0.3 is 0 Å². The molecule has 0 aliphatic heterocycles. The van der Waals surface area contributed by atoms with Gasteiger partial charge in [-0.05, 0) is 6.92 Å². The van der Waals surface area contributed by atoms with Crippen LogP contribution in [0.25, 0.3) is 0 Å². The molecule has 0 unspecified atom stereocenters. The van der Waals surface area contributed by atoms with Gasteiger partial charge in [-0.3, -0.25) is 0 Å². The zero-order valence-electron chi connectivity index (χ0n) is 6.63. The van der Waals surface area contributed by atoms with Crippen LogP contribution < -0.4 is 12.4 Å². The molecule has 0 saturated carbocycles. The highest BCUT2D eigenvalue weighted by Crippen LogP contribution is 2.07. The molecule has 11 heavy (non-hydrogen) atoms. The number of halogens is 1. The molecule has 1 aromatic carbocycles. The van der Waals surface area contributed by atoms with E-state index in [1.54, 1.807) is 0 Å². The highest BCUT2D eigenvalue weighted by molar-refractivity contribution is 5.32. The second kappa shape index (κ2) is 4.91. The van der Waals surface area contributed by atoms with Crippen LogP contribution >= 0.6 is 0 Å². The van der Waals surface area contributed by atoms with Crippen molar-refractivity contribution >= 4 is 12.4 Å². The summed E-state index contributed by atoms with van der Waals surface area (Å²) in [5.41, 5.74) is 1.17. The van der Waals surface area contributed by atoms with Gasteiger partial charge < -0.3 is 12.4 Å². The van der Waals surface area contributed by atoms with Crippen LogP contribution in [0.15, 0.2) is 30.3 Å². The van der Waals surface area contributed by atoms with Crippen molar-refractivity contribution in [3.63, 3.8) is 0 Å². The van der Waals surface area contributed by atoms with Crippen molar-refractivity contribution in [2.45, 2.75) is 6.92 Å². The average Bonchev–Trinajstić information content (AvgIpc) is 2.05. The van der Waals surface area contributed by atoms with Crippen molar-refractivity contribution in [3.8, 4) is 0 Å². The summed E-state index contributed by atoms with van der Waals surface area (Å²) in [5.74, 6) is 0. The molecule has 0 bridgehead atoms. The molecular formula is C9H12ClN. The highest BCUT2D eigenvalue weighted by atomic mass is 35.5. The van der Waals surface area contributed by atoms with Crippen molar-refractivity contribution in [1.29, 1.82) is 0 Å². The van der Waals surface area contributed by atoms with Gasteiger partial charge in [-0.2, -0.15) is 0 Å². The van der Waals surface area contributed by atoms with Crippen LogP contribution in [-0.4, -0.2) is 17.8 Å². The van der Waals surface area contributed by atoms with E-state index in [0.717, 1.165) is 6.54 Å². The fraction of sp³-hybridized carbons (Fsp3) is 0.222. The molecule has 1 nitrogen and oxygen atoms in total. The first-order valence-corrected chi connectivity index (χ1v) is 3.47.